The van der Waals surface area contributed by atoms with E-state index in [9.17, 15) is 12.8 Å². The number of benzene rings is 1. The summed E-state index contributed by atoms with van der Waals surface area (Å²) in [5.74, 6) is 1.60. The van der Waals surface area contributed by atoms with Crippen molar-refractivity contribution < 1.29 is 12.8 Å². The van der Waals surface area contributed by atoms with E-state index in [0.29, 0.717) is 18.5 Å². The van der Waals surface area contributed by atoms with Gasteiger partial charge in [0.25, 0.3) is 0 Å². The van der Waals surface area contributed by atoms with E-state index in [1.165, 1.54) is 18.2 Å². The van der Waals surface area contributed by atoms with Gasteiger partial charge in [-0.3, -0.25) is 0 Å². The summed E-state index contributed by atoms with van der Waals surface area (Å²) in [6.07, 6.45) is 2.20. The van der Waals surface area contributed by atoms with Crippen LogP contribution in [0.4, 0.5) is 4.39 Å². The first-order valence-electron chi connectivity index (χ1n) is 9.00. The number of fused-ring (bicyclic) bond motifs is 3. The molecule has 4 rings (SSSR count). The molecule has 6 nitrogen and oxygen atoms in total. The minimum absolute atomic E-state index is 0.120. The van der Waals surface area contributed by atoms with Gasteiger partial charge in [0.15, 0.2) is 0 Å². The summed E-state index contributed by atoms with van der Waals surface area (Å²) in [6, 6.07) is 3.77. The van der Waals surface area contributed by atoms with Crippen molar-refractivity contribution >= 4 is 10.0 Å². The maximum absolute atomic E-state index is 13.6. The molecule has 2 atom stereocenters. The second-order valence-electron chi connectivity index (χ2n) is 7.57. The number of aromatic nitrogens is 3. The first-order chi connectivity index (χ1) is 12.3. The molecule has 140 valence electrons. The summed E-state index contributed by atoms with van der Waals surface area (Å²) >= 11 is 0. The fourth-order valence-electron chi connectivity index (χ4n) is 4.14. The highest BCUT2D eigenvalue weighted by Crippen LogP contribution is 2.37. The molecule has 2 aliphatic rings. The molecule has 0 aliphatic carbocycles. The molecule has 1 saturated heterocycles. The van der Waals surface area contributed by atoms with Crippen LogP contribution in [0.25, 0.3) is 0 Å². The molecule has 2 aromatic rings. The summed E-state index contributed by atoms with van der Waals surface area (Å²) in [5, 5.41) is 8.62. The second-order valence-corrected chi connectivity index (χ2v) is 9.42. The molecule has 0 spiro atoms. The van der Waals surface area contributed by atoms with E-state index in [4.69, 9.17) is 0 Å². The van der Waals surface area contributed by atoms with Gasteiger partial charge in [-0.25, -0.2) is 12.8 Å². The maximum atomic E-state index is 13.6. The molecule has 26 heavy (non-hydrogen) atoms. The first kappa shape index (κ1) is 17.6. The highest BCUT2D eigenvalue weighted by Gasteiger charge is 2.45. The van der Waals surface area contributed by atoms with Crippen molar-refractivity contribution in [1.82, 2.24) is 19.1 Å². The predicted octanol–water partition coefficient (Wildman–Crippen LogP) is 2.63. The molecular weight excluding hydrogens is 355 g/mol. The molecule has 0 amide bonds. The highest BCUT2D eigenvalue weighted by molar-refractivity contribution is 7.89. The lowest BCUT2D eigenvalue weighted by Gasteiger charge is -2.27. The SMILES string of the molecule is Cc1cc(S(=O)(=O)N2C3CCC2Cn2c(nnc2C(C)C)C3)ccc1F. The maximum Gasteiger partial charge on any atom is 0.243 e. The quantitative estimate of drug-likeness (QED) is 0.823. The standard InChI is InChI=1S/C18H23FN4O2S/c1-11(2)18-21-20-17-9-13-4-5-14(10-22(17)18)23(13)26(24,25)15-6-7-16(19)12(3)8-15/h6-8,11,13-14H,4-5,9-10H2,1-3H3. The van der Waals surface area contributed by atoms with Crippen LogP contribution in [-0.4, -0.2) is 39.6 Å². The van der Waals surface area contributed by atoms with Crippen molar-refractivity contribution in [1.29, 1.82) is 0 Å². The smallest absolute Gasteiger partial charge is 0.243 e. The van der Waals surface area contributed by atoms with Crippen LogP contribution in [0.15, 0.2) is 23.1 Å². The fraction of sp³-hybridized carbons (Fsp3) is 0.556. The second kappa shape index (κ2) is 6.13. The molecule has 1 fully saturated rings. The van der Waals surface area contributed by atoms with E-state index in [1.807, 2.05) is 0 Å². The molecule has 2 aliphatic heterocycles. The summed E-state index contributed by atoms with van der Waals surface area (Å²) in [5.41, 5.74) is 0.340. The summed E-state index contributed by atoms with van der Waals surface area (Å²) < 4.78 is 43.9. The molecule has 0 radical (unpaired) electrons. The van der Waals surface area contributed by atoms with E-state index in [0.717, 1.165) is 24.5 Å². The van der Waals surface area contributed by atoms with Crippen molar-refractivity contribution in [2.45, 2.75) is 69.5 Å². The van der Waals surface area contributed by atoms with Gasteiger partial charge >= 0.3 is 0 Å². The Balaban J connectivity index is 1.73. The molecule has 0 saturated carbocycles. The topological polar surface area (TPSA) is 68.1 Å². The Morgan fingerprint density at radius 3 is 2.62 bits per heavy atom. The summed E-state index contributed by atoms with van der Waals surface area (Å²) in [7, 11) is -3.68. The zero-order valence-corrected chi connectivity index (χ0v) is 16.0. The Morgan fingerprint density at radius 2 is 1.92 bits per heavy atom. The minimum atomic E-state index is -3.68. The van der Waals surface area contributed by atoms with Crippen molar-refractivity contribution in [2.75, 3.05) is 0 Å². The van der Waals surface area contributed by atoms with Crippen molar-refractivity contribution in [3.05, 3.63) is 41.2 Å². The Bertz CT molecular complexity index is 954. The van der Waals surface area contributed by atoms with Gasteiger partial charge in [0.2, 0.25) is 10.0 Å². The number of sulfonamides is 1. The van der Waals surface area contributed by atoms with Crippen LogP contribution in [0.3, 0.4) is 0 Å². The molecular formula is C18H23FN4O2S. The van der Waals surface area contributed by atoms with Crippen molar-refractivity contribution in [3.63, 3.8) is 0 Å². The van der Waals surface area contributed by atoms with Gasteiger partial charge in [0.05, 0.1) is 4.90 Å². The molecule has 1 aromatic carbocycles. The summed E-state index contributed by atoms with van der Waals surface area (Å²) in [4.78, 5) is 0.162. The third-order valence-corrected chi connectivity index (χ3v) is 7.44. The van der Waals surface area contributed by atoms with Gasteiger partial charge in [0, 0.05) is 31.0 Å². The first-order valence-corrected chi connectivity index (χ1v) is 10.4. The monoisotopic (exact) mass is 378 g/mol. The predicted molar refractivity (Wildman–Crippen MR) is 94.8 cm³/mol. The number of aryl methyl sites for hydroxylation is 1. The fourth-order valence-corrected chi connectivity index (χ4v) is 6.09. The van der Waals surface area contributed by atoms with E-state index < -0.39 is 15.8 Å². The highest BCUT2D eigenvalue weighted by atomic mass is 32.2. The molecule has 2 bridgehead atoms. The Kier molecular flexibility index (Phi) is 4.15. The van der Waals surface area contributed by atoms with Crippen molar-refractivity contribution in [2.24, 2.45) is 0 Å². The molecule has 2 unspecified atom stereocenters. The molecule has 0 N–H and O–H groups in total. The van der Waals surface area contributed by atoms with Gasteiger partial charge in [-0.2, -0.15) is 4.31 Å². The Labute approximate surface area is 153 Å². The Morgan fingerprint density at radius 1 is 1.19 bits per heavy atom. The van der Waals surface area contributed by atoms with Crippen LogP contribution in [-0.2, 0) is 23.0 Å². The van der Waals surface area contributed by atoms with Gasteiger partial charge in [-0.15, -0.1) is 10.2 Å². The van der Waals surface area contributed by atoms with Gasteiger partial charge in [-0.05, 0) is 43.5 Å². The molecule has 1 aromatic heterocycles. The summed E-state index contributed by atoms with van der Waals surface area (Å²) in [6.45, 7) is 6.29. The number of hydrogen-bond donors (Lipinski definition) is 0. The van der Waals surface area contributed by atoms with Crippen LogP contribution in [0.2, 0.25) is 0 Å². The third kappa shape index (κ3) is 2.66. The number of rotatable bonds is 3. The van der Waals surface area contributed by atoms with E-state index in [-0.39, 0.29) is 22.9 Å². The lowest BCUT2D eigenvalue weighted by molar-refractivity contribution is 0.313. The normalized spacial score (nSPS) is 23.3. The van der Waals surface area contributed by atoms with Crippen LogP contribution in [0.5, 0.6) is 0 Å². The zero-order valence-electron chi connectivity index (χ0n) is 15.2. The third-order valence-electron chi connectivity index (χ3n) is 5.44. The van der Waals surface area contributed by atoms with E-state index in [2.05, 4.69) is 28.6 Å². The Hall–Kier alpha value is -1.80. The van der Waals surface area contributed by atoms with Crippen LogP contribution < -0.4 is 0 Å². The molecule has 3 heterocycles. The minimum Gasteiger partial charge on any atom is -0.313 e. The zero-order chi connectivity index (χ0) is 18.6. The molecule has 8 heteroatoms. The van der Waals surface area contributed by atoms with Crippen molar-refractivity contribution in [3.8, 4) is 0 Å². The lowest BCUT2D eigenvalue weighted by Crippen LogP contribution is -2.42. The average molecular weight is 378 g/mol. The average Bonchev–Trinajstić information content (AvgIpc) is 3.10. The van der Waals surface area contributed by atoms with Crippen LogP contribution in [0.1, 0.15) is 49.8 Å². The number of nitrogens with zero attached hydrogens (tertiary/aromatic N) is 4. The van der Waals surface area contributed by atoms with Gasteiger partial charge in [-0.1, -0.05) is 13.8 Å². The lowest BCUT2D eigenvalue weighted by atomic mass is 10.1. The largest absolute Gasteiger partial charge is 0.313 e. The van der Waals surface area contributed by atoms with Gasteiger partial charge in [0.1, 0.15) is 17.5 Å². The van der Waals surface area contributed by atoms with Crippen LogP contribution in [0, 0.1) is 12.7 Å². The van der Waals surface area contributed by atoms with Gasteiger partial charge < -0.3 is 4.57 Å². The number of halogens is 1. The van der Waals surface area contributed by atoms with Crippen LogP contribution >= 0.6 is 0 Å². The van der Waals surface area contributed by atoms with E-state index >= 15 is 0 Å². The van der Waals surface area contributed by atoms with E-state index in [1.54, 1.807) is 11.2 Å². The number of hydrogen-bond acceptors (Lipinski definition) is 4.